The van der Waals surface area contributed by atoms with Crippen LogP contribution in [-0.2, 0) is 11.3 Å². The van der Waals surface area contributed by atoms with Crippen LogP contribution in [0.1, 0.15) is 30.5 Å². The van der Waals surface area contributed by atoms with E-state index in [4.69, 9.17) is 22.7 Å². The molecule has 0 aromatic heterocycles. The van der Waals surface area contributed by atoms with Gasteiger partial charge in [0.05, 0.1) is 0 Å². The molecule has 0 bridgehead atoms. The third kappa shape index (κ3) is 7.28. The van der Waals surface area contributed by atoms with Gasteiger partial charge in [-0.05, 0) is 36.0 Å². The summed E-state index contributed by atoms with van der Waals surface area (Å²) in [6.45, 7) is 6.18. The van der Waals surface area contributed by atoms with Crippen LogP contribution in [0.4, 0.5) is 5.69 Å². The topological polar surface area (TPSA) is 79.0 Å². The Kier molecular flexibility index (Phi) is 11.6. The Morgan fingerprint density at radius 3 is 2.28 bits per heavy atom. The first-order chi connectivity index (χ1) is 12.0. The molecule has 0 radical (unpaired) electrons. The average molecular weight is 427 g/mol. The van der Waals surface area contributed by atoms with E-state index in [0.717, 1.165) is 11.1 Å². The number of carbonyl (C=O) groups is 1. The number of nitrogen functional groups attached to an aromatic ring is 1. The van der Waals surface area contributed by atoms with Crippen molar-refractivity contribution in [1.29, 1.82) is 5.41 Å². The third-order valence-electron chi connectivity index (χ3n) is 3.19. The fourth-order valence-corrected chi connectivity index (χ4v) is 2.02. The molecule has 0 aliphatic carbocycles. The van der Waals surface area contributed by atoms with Crippen molar-refractivity contribution in [3.05, 3.63) is 64.2 Å². The van der Waals surface area contributed by atoms with Gasteiger partial charge in [0.1, 0.15) is 5.71 Å². The number of para-hydroxylation sites is 1. The van der Waals surface area contributed by atoms with Gasteiger partial charge in [-0.25, -0.2) is 0 Å². The number of rotatable bonds is 4. The van der Waals surface area contributed by atoms with Crippen LogP contribution in [0.25, 0.3) is 0 Å². The number of amides is 1. The normalized spacial score (nSPS) is 9.04. The molecular formula is C19H25BrClN3O. The number of benzene rings is 2. The van der Waals surface area contributed by atoms with E-state index in [1.807, 2.05) is 44.8 Å². The van der Waals surface area contributed by atoms with Crippen LogP contribution >= 0.6 is 27.5 Å². The molecule has 0 saturated carbocycles. The minimum Gasteiger partial charge on any atom is -0.398 e. The number of hydrogen-bond donors (Lipinski definition) is 3. The molecule has 0 aliphatic heterocycles. The van der Waals surface area contributed by atoms with E-state index >= 15 is 0 Å². The summed E-state index contributed by atoms with van der Waals surface area (Å²) in [6, 6.07) is 12.5. The highest BCUT2D eigenvalue weighted by molar-refractivity contribution is 9.08. The smallest absolute Gasteiger partial charge is 0.270 e. The summed E-state index contributed by atoms with van der Waals surface area (Å²) in [7, 11) is 0. The van der Waals surface area contributed by atoms with Gasteiger partial charge in [-0.3, -0.25) is 10.2 Å². The molecule has 0 spiro atoms. The molecule has 2 aromatic carbocycles. The van der Waals surface area contributed by atoms with E-state index < -0.39 is 5.91 Å². The zero-order chi connectivity index (χ0) is 19.4. The van der Waals surface area contributed by atoms with Gasteiger partial charge in [0.2, 0.25) is 0 Å². The van der Waals surface area contributed by atoms with Crippen LogP contribution < -0.4 is 11.1 Å². The number of alkyl halides is 1. The van der Waals surface area contributed by atoms with Gasteiger partial charge in [0, 0.05) is 22.8 Å². The number of aryl methyl sites for hydroxylation is 1. The van der Waals surface area contributed by atoms with E-state index in [0.29, 0.717) is 22.8 Å². The maximum atomic E-state index is 12.0. The minimum absolute atomic E-state index is 0.134. The number of hydrogen-bond acceptors (Lipinski definition) is 3. The summed E-state index contributed by atoms with van der Waals surface area (Å²) in [5, 5.41) is 11.3. The Balaban J connectivity index is 0.00000134. The highest BCUT2D eigenvalue weighted by Gasteiger charge is 2.15. The number of halogens is 2. The molecule has 6 heteroatoms. The maximum absolute atomic E-state index is 12.0. The predicted octanol–water partition coefficient (Wildman–Crippen LogP) is 4.95. The molecule has 0 atom stereocenters. The summed E-state index contributed by atoms with van der Waals surface area (Å²) in [5.74, 6) is 1.36. The lowest BCUT2D eigenvalue weighted by Gasteiger charge is -2.10. The molecule has 25 heavy (non-hydrogen) atoms. The van der Waals surface area contributed by atoms with E-state index in [9.17, 15) is 4.79 Å². The second kappa shape index (κ2) is 12.5. The SMILES string of the molecule is CBr.CC.Cc1cccc(C(=N)C(=O)NCc2ccc(Cl)cc2)c1N. The zero-order valence-corrected chi connectivity index (χ0v) is 17.3. The Hall–Kier alpha value is -1.85. The van der Waals surface area contributed by atoms with Crippen LogP contribution in [-0.4, -0.2) is 17.5 Å². The predicted molar refractivity (Wildman–Crippen MR) is 112 cm³/mol. The van der Waals surface area contributed by atoms with Crippen LogP contribution in [0, 0.1) is 12.3 Å². The second-order valence-corrected chi connectivity index (χ2v) is 5.16. The van der Waals surface area contributed by atoms with Crippen molar-refractivity contribution in [3.8, 4) is 0 Å². The van der Waals surface area contributed by atoms with E-state index in [1.165, 1.54) is 0 Å². The Labute approximate surface area is 163 Å². The van der Waals surface area contributed by atoms with Crippen molar-refractivity contribution in [2.75, 3.05) is 11.6 Å². The lowest BCUT2D eigenvalue weighted by molar-refractivity contribution is -0.114. The van der Waals surface area contributed by atoms with Gasteiger partial charge in [0.25, 0.3) is 5.91 Å². The Morgan fingerprint density at radius 2 is 1.72 bits per heavy atom. The first-order valence-electron chi connectivity index (χ1n) is 7.83. The van der Waals surface area contributed by atoms with E-state index in [1.54, 1.807) is 24.3 Å². The van der Waals surface area contributed by atoms with Crippen LogP contribution in [0.15, 0.2) is 42.5 Å². The molecule has 2 rings (SSSR count). The molecular weight excluding hydrogens is 402 g/mol. The molecule has 0 aliphatic rings. The molecule has 0 fully saturated rings. The number of carbonyl (C=O) groups excluding carboxylic acids is 1. The lowest BCUT2D eigenvalue weighted by atomic mass is 10.0. The van der Waals surface area contributed by atoms with Gasteiger partial charge in [-0.2, -0.15) is 0 Å². The first-order valence-corrected chi connectivity index (χ1v) is 9.80. The van der Waals surface area contributed by atoms with Crippen molar-refractivity contribution in [2.24, 2.45) is 0 Å². The molecule has 136 valence electrons. The van der Waals surface area contributed by atoms with Gasteiger partial charge in [0.15, 0.2) is 0 Å². The van der Waals surface area contributed by atoms with Gasteiger partial charge >= 0.3 is 0 Å². The van der Waals surface area contributed by atoms with E-state index in [2.05, 4.69) is 21.2 Å². The summed E-state index contributed by atoms with van der Waals surface area (Å²) in [5.41, 5.74) is 8.45. The monoisotopic (exact) mass is 425 g/mol. The molecule has 2 aromatic rings. The fourth-order valence-electron chi connectivity index (χ4n) is 1.89. The van der Waals surface area contributed by atoms with Crippen LogP contribution in [0.2, 0.25) is 5.02 Å². The Bertz CT molecular complexity index is 688. The molecule has 0 saturated heterocycles. The summed E-state index contributed by atoms with van der Waals surface area (Å²) >= 11 is 8.74. The van der Waals surface area contributed by atoms with Crippen molar-refractivity contribution < 1.29 is 4.79 Å². The standard InChI is InChI=1S/C16H16ClN3O.C2H6.CH3Br/c1-10-3-2-4-13(14(10)18)15(19)16(21)20-9-11-5-7-12(17)8-6-11;2*1-2/h2-8,19H,9,18H2,1H3,(H,20,21);1-2H3;1H3. The van der Waals surface area contributed by atoms with Crippen LogP contribution in [0.3, 0.4) is 0 Å². The highest BCUT2D eigenvalue weighted by atomic mass is 79.9. The molecule has 1 amide bonds. The molecule has 0 unspecified atom stereocenters. The largest absolute Gasteiger partial charge is 0.398 e. The Morgan fingerprint density at radius 1 is 1.16 bits per heavy atom. The summed E-state index contributed by atoms with van der Waals surface area (Å²) in [4.78, 5) is 12.0. The van der Waals surface area contributed by atoms with E-state index in [-0.39, 0.29) is 5.71 Å². The first kappa shape index (κ1) is 23.2. The van der Waals surface area contributed by atoms with Crippen molar-refractivity contribution >= 4 is 44.8 Å². The zero-order valence-electron chi connectivity index (χ0n) is 15.0. The lowest BCUT2D eigenvalue weighted by Crippen LogP contribution is -2.31. The van der Waals surface area contributed by atoms with Crippen molar-refractivity contribution in [3.63, 3.8) is 0 Å². The van der Waals surface area contributed by atoms with Gasteiger partial charge in [-0.1, -0.05) is 71.7 Å². The maximum Gasteiger partial charge on any atom is 0.270 e. The highest BCUT2D eigenvalue weighted by Crippen LogP contribution is 2.17. The molecule has 0 heterocycles. The quantitative estimate of drug-likeness (QED) is 0.367. The number of anilines is 1. The number of nitrogens with one attached hydrogen (secondary N) is 2. The van der Waals surface area contributed by atoms with Crippen molar-refractivity contribution in [2.45, 2.75) is 27.3 Å². The van der Waals surface area contributed by atoms with Gasteiger partial charge < -0.3 is 11.1 Å². The summed E-state index contributed by atoms with van der Waals surface area (Å²) < 4.78 is 0. The van der Waals surface area contributed by atoms with Gasteiger partial charge in [-0.15, -0.1) is 0 Å². The molecule has 4 nitrogen and oxygen atoms in total. The summed E-state index contributed by atoms with van der Waals surface area (Å²) in [6.07, 6.45) is 0. The van der Waals surface area contributed by atoms with Crippen molar-refractivity contribution in [1.82, 2.24) is 5.32 Å². The second-order valence-electron chi connectivity index (χ2n) is 4.72. The number of nitrogens with two attached hydrogens (primary N) is 1. The third-order valence-corrected chi connectivity index (χ3v) is 3.44. The van der Waals surface area contributed by atoms with Crippen LogP contribution in [0.5, 0.6) is 0 Å². The average Bonchev–Trinajstić information content (AvgIpc) is 2.66. The fraction of sp³-hybridized carbons (Fsp3) is 0.263. The minimum atomic E-state index is -0.456. The molecule has 4 N–H and O–H groups in total.